The molecule has 5 nitrogen and oxygen atoms in total. The van der Waals surface area contributed by atoms with Crippen LogP contribution in [0, 0.1) is 6.92 Å². The molecule has 0 saturated heterocycles. The summed E-state index contributed by atoms with van der Waals surface area (Å²) in [5, 5.41) is 11.0. The smallest absolute Gasteiger partial charge is 0.191 e. The van der Waals surface area contributed by atoms with E-state index >= 15 is 0 Å². The van der Waals surface area contributed by atoms with Crippen molar-refractivity contribution < 1.29 is 0 Å². The zero-order valence-corrected chi connectivity index (χ0v) is 15.4. The summed E-state index contributed by atoms with van der Waals surface area (Å²) in [5.74, 6) is 0.832. The maximum atomic E-state index is 4.70. The van der Waals surface area contributed by atoms with E-state index in [1.165, 1.54) is 9.75 Å². The SMILES string of the molecule is CCNC(=NCc1cccc(-n2cccn2)c1)NCc1ccc(C)s1. The van der Waals surface area contributed by atoms with Gasteiger partial charge in [0.1, 0.15) is 0 Å². The van der Waals surface area contributed by atoms with Crippen LogP contribution in [-0.2, 0) is 13.1 Å². The van der Waals surface area contributed by atoms with Crippen molar-refractivity contribution in [3.8, 4) is 5.69 Å². The molecule has 0 amide bonds. The lowest BCUT2D eigenvalue weighted by Gasteiger charge is -2.11. The van der Waals surface area contributed by atoms with Gasteiger partial charge in [0, 0.05) is 28.7 Å². The van der Waals surface area contributed by atoms with Gasteiger partial charge < -0.3 is 10.6 Å². The summed E-state index contributed by atoms with van der Waals surface area (Å²) in [6.45, 7) is 6.44. The Morgan fingerprint density at radius 3 is 2.84 bits per heavy atom. The first-order valence-corrected chi connectivity index (χ1v) is 9.22. The van der Waals surface area contributed by atoms with Gasteiger partial charge in [0.2, 0.25) is 0 Å². The van der Waals surface area contributed by atoms with Crippen molar-refractivity contribution in [3.05, 3.63) is 70.2 Å². The van der Waals surface area contributed by atoms with Crippen LogP contribution >= 0.6 is 11.3 Å². The minimum absolute atomic E-state index is 0.619. The second-order valence-corrected chi connectivity index (χ2v) is 7.05. The van der Waals surface area contributed by atoms with Gasteiger partial charge >= 0.3 is 0 Å². The molecule has 0 radical (unpaired) electrons. The minimum Gasteiger partial charge on any atom is -0.357 e. The second kappa shape index (κ2) is 8.48. The Bertz CT molecular complexity index is 820. The summed E-state index contributed by atoms with van der Waals surface area (Å²) in [5.41, 5.74) is 2.20. The summed E-state index contributed by atoms with van der Waals surface area (Å²) in [7, 11) is 0. The predicted molar refractivity (Wildman–Crippen MR) is 104 cm³/mol. The molecule has 3 aromatic rings. The van der Waals surface area contributed by atoms with E-state index in [0.717, 1.165) is 30.3 Å². The molecule has 1 aromatic carbocycles. The zero-order chi connectivity index (χ0) is 17.5. The van der Waals surface area contributed by atoms with Gasteiger partial charge in [-0.15, -0.1) is 11.3 Å². The van der Waals surface area contributed by atoms with Gasteiger partial charge in [0.15, 0.2) is 5.96 Å². The molecule has 25 heavy (non-hydrogen) atoms. The number of rotatable bonds is 6. The fraction of sp³-hybridized carbons (Fsp3) is 0.263. The van der Waals surface area contributed by atoms with E-state index in [2.05, 4.69) is 53.8 Å². The number of nitrogens with zero attached hydrogens (tertiary/aromatic N) is 3. The molecule has 2 heterocycles. The molecule has 0 aliphatic carbocycles. The van der Waals surface area contributed by atoms with Crippen LogP contribution in [0.15, 0.2) is 59.9 Å². The number of nitrogens with one attached hydrogen (secondary N) is 2. The Morgan fingerprint density at radius 2 is 2.12 bits per heavy atom. The highest BCUT2D eigenvalue weighted by molar-refractivity contribution is 7.11. The number of aromatic nitrogens is 2. The Morgan fingerprint density at radius 1 is 1.20 bits per heavy atom. The monoisotopic (exact) mass is 353 g/mol. The van der Waals surface area contributed by atoms with Crippen molar-refractivity contribution >= 4 is 17.3 Å². The molecule has 0 saturated carbocycles. The van der Waals surface area contributed by atoms with Crippen LogP contribution in [0.4, 0.5) is 0 Å². The lowest BCUT2D eigenvalue weighted by molar-refractivity contribution is 0.822. The molecular formula is C19H23N5S. The largest absolute Gasteiger partial charge is 0.357 e. The number of thiophene rings is 1. The highest BCUT2D eigenvalue weighted by atomic mass is 32.1. The third kappa shape index (κ3) is 4.93. The summed E-state index contributed by atoms with van der Waals surface area (Å²) < 4.78 is 1.86. The third-order valence-electron chi connectivity index (χ3n) is 3.67. The van der Waals surface area contributed by atoms with Gasteiger partial charge in [0.25, 0.3) is 0 Å². The lowest BCUT2D eigenvalue weighted by atomic mass is 10.2. The molecule has 3 rings (SSSR count). The number of benzene rings is 1. The molecule has 0 bridgehead atoms. The van der Waals surface area contributed by atoms with Crippen LogP contribution in [0.5, 0.6) is 0 Å². The quantitative estimate of drug-likeness (QED) is 0.527. The maximum Gasteiger partial charge on any atom is 0.191 e. The van der Waals surface area contributed by atoms with Gasteiger partial charge in [-0.2, -0.15) is 5.10 Å². The average Bonchev–Trinajstić information content (AvgIpc) is 3.29. The van der Waals surface area contributed by atoms with Crippen LogP contribution in [-0.4, -0.2) is 22.3 Å². The zero-order valence-electron chi connectivity index (χ0n) is 14.6. The standard InChI is InChI=1S/C19H23N5S/c1-3-20-19(22-14-18-9-8-15(2)25-18)21-13-16-6-4-7-17(12-16)24-11-5-10-23-24/h4-12H,3,13-14H2,1-2H3,(H2,20,21,22). The van der Waals surface area contributed by atoms with Crippen molar-refractivity contribution in [2.45, 2.75) is 26.9 Å². The highest BCUT2D eigenvalue weighted by Crippen LogP contribution is 2.14. The van der Waals surface area contributed by atoms with Crippen molar-refractivity contribution in [2.75, 3.05) is 6.54 Å². The third-order valence-corrected chi connectivity index (χ3v) is 4.67. The van der Waals surface area contributed by atoms with Gasteiger partial charge in [-0.25, -0.2) is 9.67 Å². The highest BCUT2D eigenvalue weighted by Gasteiger charge is 2.02. The molecule has 6 heteroatoms. The topological polar surface area (TPSA) is 54.2 Å². The molecule has 2 N–H and O–H groups in total. The number of hydrogen-bond acceptors (Lipinski definition) is 3. The van der Waals surface area contributed by atoms with Crippen LogP contribution < -0.4 is 10.6 Å². The predicted octanol–water partition coefficient (Wildman–Crippen LogP) is 3.50. The second-order valence-electron chi connectivity index (χ2n) is 5.68. The van der Waals surface area contributed by atoms with E-state index in [9.17, 15) is 0 Å². The fourth-order valence-electron chi connectivity index (χ4n) is 2.48. The Labute approximate surface area is 152 Å². The Balaban J connectivity index is 1.65. The van der Waals surface area contributed by atoms with Gasteiger partial charge in [0.05, 0.1) is 18.8 Å². The van der Waals surface area contributed by atoms with E-state index in [1.807, 2.05) is 40.4 Å². The van der Waals surface area contributed by atoms with E-state index in [0.29, 0.717) is 6.54 Å². The molecule has 130 valence electrons. The normalized spacial score (nSPS) is 11.5. The summed E-state index contributed by atoms with van der Waals surface area (Å²) in [6.07, 6.45) is 3.72. The van der Waals surface area contributed by atoms with Crippen LogP contribution in [0.2, 0.25) is 0 Å². The molecule has 0 spiro atoms. The van der Waals surface area contributed by atoms with Crippen LogP contribution in [0.3, 0.4) is 0 Å². The summed E-state index contributed by atoms with van der Waals surface area (Å²) >= 11 is 1.81. The first-order valence-electron chi connectivity index (χ1n) is 8.41. The van der Waals surface area contributed by atoms with Crippen molar-refractivity contribution in [3.63, 3.8) is 0 Å². The molecule has 0 atom stereocenters. The molecule has 0 aliphatic heterocycles. The lowest BCUT2D eigenvalue weighted by Crippen LogP contribution is -2.36. The van der Waals surface area contributed by atoms with Gasteiger partial charge in [-0.1, -0.05) is 12.1 Å². The minimum atomic E-state index is 0.619. The number of guanidine groups is 1. The Hall–Kier alpha value is -2.60. The van der Waals surface area contributed by atoms with Gasteiger partial charge in [-0.05, 0) is 49.7 Å². The first kappa shape index (κ1) is 17.2. The average molecular weight is 353 g/mol. The van der Waals surface area contributed by atoms with E-state index in [1.54, 1.807) is 6.20 Å². The van der Waals surface area contributed by atoms with Crippen molar-refractivity contribution in [1.82, 2.24) is 20.4 Å². The fourth-order valence-corrected chi connectivity index (χ4v) is 3.31. The molecular weight excluding hydrogens is 330 g/mol. The Kier molecular flexibility index (Phi) is 5.85. The number of aryl methyl sites for hydroxylation is 1. The molecule has 0 unspecified atom stereocenters. The van der Waals surface area contributed by atoms with Crippen LogP contribution in [0.1, 0.15) is 22.2 Å². The number of aliphatic imine (C=N–C) groups is 1. The van der Waals surface area contributed by atoms with Crippen LogP contribution in [0.25, 0.3) is 5.69 Å². The molecule has 0 fully saturated rings. The summed E-state index contributed by atoms with van der Waals surface area (Å²) in [4.78, 5) is 7.33. The van der Waals surface area contributed by atoms with E-state index < -0.39 is 0 Å². The van der Waals surface area contributed by atoms with E-state index in [4.69, 9.17) is 4.99 Å². The van der Waals surface area contributed by atoms with Crippen molar-refractivity contribution in [1.29, 1.82) is 0 Å². The molecule has 2 aromatic heterocycles. The maximum absolute atomic E-state index is 4.70. The summed E-state index contributed by atoms with van der Waals surface area (Å²) in [6, 6.07) is 14.5. The number of hydrogen-bond donors (Lipinski definition) is 2. The molecule has 0 aliphatic rings. The van der Waals surface area contributed by atoms with Crippen molar-refractivity contribution in [2.24, 2.45) is 4.99 Å². The van der Waals surface area contributed by atoms with Gasteiger partial charge in [-0.3, -0.25) is 0 Å². The first-order chi connectivity index (χ1) is 12.2. The van der Waals surface area contributed by atoms with E-state index in [-0.39, 0.29) is 0 Å².